The van der Waals surface area contributed by atoms with Crippen molar-refractivity contribution in [2.24, 2.45) is 0 Å². The number of phenolic OH excluding ortho intramolecular Hbond substituents is 1. The Morgan fingerprint density at radius 1 is 0.880 bits per heavy atom. The van der Waals surface area contributed by atoms with Crippen LogP contribution in [0.25, 0.3) is 11.6 Å². The van der Waals surface area contributed by atoms with Crippen molar-refractivity contribution in [2.75, 3.05) is 0 Å². The van der Waals surface area contributed by atoms with Crippen LogP contribution in [-0.4, -0.2) is 5.11 Å². The number of nitriles is 1. The predicted octanol–water partition coefficient (Wildman–Crippen LogP) is 5.49. The molecule has 0 saturated heterocycles. The Bertz CT molecular complexity index is 809. The quantitative estimate of drug-likeness (QED) is 0.439. The van der Waals surface area contributed by atoms with E-state index in [1.807, 2.05) is 0 Å². The topological polar surface area (TPSA) is 44.0 Å². The summed E-state index contributed by atoms with van der Waals surface area (Å²) < 4.78 is 77.3. The summed E-state index contributed by atoms with van der Waals surface area (Å²) >= 11 is 0. The minimum atomic E-state index is -4.99. The Morgan fingerprint density at radius 3 is 1.76 bits per heavy atom. The van der Waals surface area contributed by atoms with Crippen molar-refractivity contribution in [1.82, 2.24) is 0 Å². The van der Waals surface area contributed by atoms with Gasteiger partial charge in [-0.3, -0.25) is 0 Å². The number of halogens is 6. The minimum absolute atomic E-state index is 0.000943. The van der Waals surface area contributed by atoms with Crippen molar-refractivity contribution in [1.29, 1.82) is 5.26 Å². The average molecular weight is 357 g/mol. The Kier molecular flexibility index (Phi) is 4.79. The lowest BCUT2D eigenvalue weighted by molar-refractivity contribution is -0.143. The molecule has 8 heteroatoms. The van der Waals surface area contributed by atoms with Crippen molar-refractivity contribution in [3.05, 3.63) is 64.7 Å². The zero-order valence-corrected chi connectivity index (χ0v) is 12.3. The molecule has 130 valence electrons. The lowest BCUT2D eigenvalue weighted by atomic mass is 9.98. The summed E-state index contributed by atoms with van der Waals surface area (Å²) in [6.45, 7) is 0. The molecule has 0 saturated carbocycles. The van der Waals surface area contributed by atoms with Crippen LogP contribution in [0.5, 0.6) is 5.75 Å². The van der Waals surface area contributed by atoms with E-state index in [0.29, 0.717) is 17.7 Å². The summed E-state index contributed by atoms with van der Waals surface area (Å²) in [6, 6.07) is 7.86. The van der Waals surface area contributed by atoms with E-state index in [0.717, 1.165) is 6.08 Å². The number of nitrogens with zero attached hydrogens (tertiary/aromatic N) is 1. The highest BCUT2D eigenvalue weighted by molar-refractivity contribution is 5.90. The standard InChI is InChI=1S/C17H9F6NO/c18-16(19,20)13-6-11(7-14(8-13)17(21,22)23)12(9-24)5-10-1-3-15(25)4-2-10/h1-8,25H/b12-5+. The number of phenols is 1. The fourth-order valence-electron chi connectivity index (χ4n) is 2.03. The minimum Gasteiger partial charge on any atom is -0.508 e. The monoisotopic (exact) mass is 357 g/mol. The maximum Gasteiger partial charge on any atom is 0.416 e. The second-order valence-corrected chi connectivity index (χ2v) is 5.06. The van der Waals surface area contributed by atoms with Gasteiger partial charge in [0.25, 0.3) is 0 Å². The highest BCUT2D eigenvalue weighted by atomic mass is 19.4. The van der Waals surface area contributed by atoms with E-state index >= 15 is 0 Å². The van der Waals surface area contributed by atoms with E-state index in [2.05, 4.69) is 0 Å². The zero-order valence-electron chi connectivity index (χ0n) is 12.3. The summed E-state index contributed by atoms with van der Waals surface area (Å²) in [5.41, 5.74) is -3.53. The first-order valence-electron chi connectivity index (χ1n) is 6.71. The van der Waals surface area contributed by atoms with Crippen LogP contribution < -0.4 is 0 Å². The first-order valence-corrected chi connectivity index (χ1v) is 6.71. The third-order valence-corrected chi connectivity index (χ3v) is 3.22. The molecule has 2 rings (SSSR count). The summed E-state index contributed by atoms with van der Waals surface area (Å²) in [5.74, 6) is -0.0749. The lowest BCUT2D eigenvalue weighted by Crippen LogP contribution is -2.11. The summed E-state index contributed by atoms with van der Waals surface area (Å²) in [4.78, 5) is 0. The molecule has 2 nitrogen and oxygen atoms in total. The summed E-state index contributed by atoms with van der Waals surface area (Å²) in [7, 11) is 0. The number of hydrogen-bond acceptors (Lipinski definition) is 2. The Hall–Kier alpha value is -2.95. The van der Waals surface area contributed by atoms with Gasteiger partial charge in [0.1, 0.15) is 5.75 Å². The van der Waals surface area contributed by atoms with E-state index < -0.39 is 29.0 Å². The van der Waals surface area contributed by atoms with E-state index in [1.54, 1.807) is 6.07 Å². The van der Waals surface area contributed by atoms with Gasteiger partial charge in [-0.1, -0.05) is 12.1 Å². The fourth-order valence-corrected chi connectivity index (χ4v) is 2.03. The molecule has 0 aliphatic heterocycles. The third-order valence-electron chi connectivity index (χ3n) is 3.22. The van der Waals surface area contributed by atoms with Gasteiger partial charge in [0.2, 0.25) is 0 Å². The molecule has 2 aromatic carbocycles. The van der Waals surface area contributed by atoms with E-state index in [1.165, 1.54) is 24.3 Å². The highest BCUT2D eigenvalue weighted by Crippen LogP contribution is 2.37. The number of allylic oxidation sites excluding steroid dienone is 1. The van der Waals surface area contributed by atoms with Crippen LogP contribution >= 0.6 is 0 Å². The second-order valence-electron chi connectivity index (χ2n) is 5.06. The van der Waals surface area contributed by atoms with Gasteiger partial charge in [-0.2, -0.15) is 31.6 Å². The number of hydrogen-bond donors (Lipinski definition) is 1. The number of aromatic hydroxyl groups is 1. The van der Waals surface area contributed by atoms with Crippen molar-refractivity contribution in [2.45, 2.75) is 12.4 Å². The molecule has 0 heterocycles. The van der Waals surface area contributed by atoms with Gasteiger partial charge in [0.15, 0.2) is 0 Å². The molecule has 0 bridgehead atoms. The average Bonchev–Trinajstić information content (AvgIpc) is 2.52. The molecule has 0 aliphatic rings. The van der Waals surface area contributed by atoms with Gasteiger partial charge in [-0.15, -0.1) is 0 Å². The van der Waals surface area contributed by atoms with E-state index in [9.17, 15) is 31.4 Å². The Morgan fingerprint density at radius 2 is 1.36 bits per heavy atom. The van der Waals surface area contributed by atoms with Crippen molar-refractivity contribution < 1.29 is 31.4 Å². The predicted molar refractivity (Wildman–Crippen MR) is 78.0 cm³/mol. The largest absolute Gasteiger partial charge is 0.508 e. The molecule has 0 aliphatic carbocycles. The normalized spacial score (nSPS) is 12.8. The Balaban J connectivity index is 2.62. The van der Waals surface area contributed by atoms with Crippen LogP contribution in [0.2, 0.25) is 0 Å². The van der Waals surface area contributed by atoms with Gasteiger partial charge >= 0.3 is 12.4 Å². The maximum absolute atomic E-state index is 12.9. The summed E-state index contributed by atoms with van der Waals surface area (Å²) in [5, 5.41) is 18.3. The molecule has 25 heavy (non-hydrogen) atoms. The maximum atomic E-state index is 12.9. The molecule has 0 unspecified atom stereocenters. The van der Waals surface area contributed by atoms with Crippen LogP contribution in [0.15, 0.2) is 42.5 Å². The molecule has 0 fully saturated rings. The number of benzene rings is 2. The highest BCUT2D eigenvalue weighted by Gasteiger charge is 2.37. The van der Waals surface area contributed by atoms with E-state index in [4.69, 9.17) is 5.26 Å². The SMILES string of the molecule is N#C/C(=C\c1ccc(O)cc1)c1cc(C(F)(F)F)cc(C(F)(F)F)c1. The number of alkyl halides is 6. The van der Waals surface area contributed by atoms with Crippen molar-refractivity contribution >= 4 is 11.6 Å². The lowest BCUT2D eigenvalue weighted by Gasteiger charge is -2.14. The molecule has 1 N–H and O–H groups in total. The Labute approximate surface area is 138 Å². The third kappa shape index (κ3) is 4.53. The fraction of sp³-hybridized carbons (Fsp3) is 0.118. The molecule has 0 amide bonds. The van der Waals surface area contributed by atoms with Crippen molar-refractivity contribution in [3.8, 4) is 11.8 Å². The van der Waals surface area contributed by atoms with Crippen LogP contribution in [-0.2, 0) is 12.4 Å². The van der Waals surface area contributed by atoms with Gasteiger partial charge < -0.3 is 5.11 Å². The van der Waals surface area contributed by atoms with Crippen molar-refractivity contribution in [3.63, 3.8) is 0 Å². The summed E-state index contributed by atoms with van der Waals surface area (Å²) in [6.07, 6.45) is -8.85. The molecule has 0 atom stereocenters. The van der Waals surface area contributed by atoms with Crippen LogP contribution in [0.3, 0.4) is 0 Å². The first kappa shape index (κ1) is 18.4. The second kappa shape index (κ2) is 6.51. The van der Waals surface area contributed by atoms with Gasteiger partial charge in [-0.05, 0) is 47.5 Å². The van der Waals surface area contributed by atoms with Gasteiger partial charge in [0.05, 0.1) is 22.8 Å². The van der Waals surface area contributed by atoms with Crippen LogP contribution in [0.4, 0.5) is 26.3 Å². The number of rotatable bonds is 2. The van der Waals surface area contributed by atoms with Crippen LogP contribution in [0.1, 0.15) is 22.3 Å². The van der Waals surface area contributed by atoms with Gasteiger partial charge in [0, 0.05) is 0 Å². The molecule has 2 aromatic rings. The van der Waals surface area contributed by atoms with E-state index in [-0.39, 0.29) is 17.4 Å². The molecule has 0 spiro atoms. The molecule has 0 aromatic heterocycles. The van der Waals surface area contributed by atoms with Gasteiger partial charge in [-0.25, -0.2) is 0 Å². The van der Waals surface area contributed by atoms with Crippen LogP contribution in [0, 0.1) is 11.3 Å². The first-order chi connectivity index (χ1) is 11.5. The smallest absolute Gasteiger partial charge is 0.416 e. The molecular formula is C17H9F6NO. The molecule has 0 radical (unpaired) electrons. The zero-order chi connectivity index (χ0) is 18.8. The molecular weight excluding hydrogens is 348 g/mol.